The van der Waals surface area contributed by atoms with Gasteiger partial charge in [-0.15, -0.1) is 0 Å². The van der Waals surface area contributed by atoms with Gasteiger partial charge in [0.1, 0.15) is 24.2 Å². The van der Waals surface area contributed by atoms with Crippen LogP contribution in [-0.4, -0.2) is 101 Å². The summed E-state index contributed by atoms with van der Waals surface area (Å²) in [5.74, 6) is -4.31. The molecule has 0 saturated heterocycles. The molecule has 17 nitrogen and oxygen atoms in total. The molecule has 0 saturated carbocycles. The number of carbonyl (C=O) groups excluding carboxylic acids is 3. The molecule has 0 aliphatic carbocycles. The highest BCUT2D eigenvalue weighted by molar-refractivity contribution is 5.94. The highest BCUT2D eigenvalue weighted by atomic mass is 16.4. The highest BCUT2D eigenvalue weighted by Crippen LogP contribution is 2.04. The summed E-state index contributed by atoms with van der Waals surface area (Å²) in [6.07, 6.45) is 0.474. The smallest absolute Gasteiger partial charge is 0.326 e. The van der Waals surface area contributed by atoms with E-state index in [1.807, 2.05) is 0 Å². The Morgan fingerprint density at radius 2 is 1.11 bits per heavy atom. The first-order valence-corrected chi connectivity index (χ1v) is 10.6. The molecule has 16 N–H and O–H groups in total. The molecule has 3 amide bonds. The lowest BCUT2D eigenvalue weighted by Gasteiger charge is -2.24. The minimum absolute atomic E-state index is 0.000884. The maximum absolute atomic E-state index is 12.8. The number of nitrogens with one attached hydrogen (secondary N) is 3. The third-order valence-corrected chi connectivity index (χ3v) is 4.49. The monoisotopic (exact) mass is 504 g/mol. The van der Waals surface area contributed by atoms with Crippen LogP contribution in [0.5, 0.6) is 0 Å². The van der Waals surface area contributed by atoms with E-state index in [0.29, 0.717) is 0 Å². The predicted molar refractivity (Wildman–Crippen MR) is 125 cm³/mol. The van der Waals surface area contributed by atoms with Crippen molar-refractivity contribution in [2.75, 3.05) is 26.3 Å². The van der Waals surface area contributed by atoms with Crippen molar-refractivity contribution in [2.24, 2.45) is 38.7 Å². The van der Waals surface area contributed by atoms with Gasteiger partial charge in [-0.05, 0) is 25.7 Å². The molecule has 0 heterocycles. The molecule has 0 aromatic carbocycles. The Kier molecular flexibility index (Phi) is 15.1. The van der Waals surface area contributed by atoms with Gasteiger partial charge in [-0.2, -0.15) is 0 Å². The molecule has 0 rings (SSSR count). The second-order valence-corrected chi connectivity index (χ2v) is 7.39. The van der Waals surface area contributed by atoms with Gasteiger partial charge in [-0.3, -0.25) is 24.4 Å². The first-order valence-electron chi connectivity index (χ1n) is 10.6. The number of aliphatic hydroxyl groups excluding tert-OH is 2. The summed E-state index contributed by atoms with van der Waals surface area (Å²) in [5.41, 5.74) is 26.3. The minimum atomic E-state index is -1.48. The number of aliphatic carboxylic acids is 1. The molecular formula is C18H36N10O7. The van der Waals surface area contributed by atoms with Crippen molar-refractivity contribution >= 4 is 35.6 Å². The molecule has 0 radical (unpaired) electrons. The Morgan fingerprint density at radius 3 is 1.54 bits per heavy atom. The van der Waals surface area contributed by atoms with E-state index in [1.54, 1.807) is 0 Å². The zero-order valence-corrected chi connectivity index (χ0v) is 19.2. The molecular weight excluding hydrogens is 468 g/mol. The van der Waals surface area contributed by atoms with Crippen LogP contribution in [0.3, 0.4) is 0 Å². The van der Waals surface area contributed by atoms with Crippen molar-refractivity contribution in [3.05, 3.63) is 0 Å². The Morgan fingerprint density at radius 1 is 0.686 bits per heavy atom. The summed E-state index contributed by atoms with van der Waals surface area (Å²) in [5, 5.41) is 34.7. The van der Waals surface area contributed by atoms with Crippen molar-refractivity contribution in [3.8, 4) is 0 Å². The first-order chi connectivity index (χ1) is 16.4. The zero-order chi connectivity index (χ0) is 27.0. The number of nitrogens with zero attached hydrogens (tertiary/aromatic N) is 2. The van der Waals surface area contributed by atoms with Crippen LogP contribution < -0.4 is 44.6 Å². The van der Waals surface area contributed by atoms with Crippen molar-refractivity contribution in [2.45, 2.75) is 49.9 Å². The number of aliphatic imine (C=N–C) groups is 2. The molecule has 0 aromatic rings. The molecule has 0 bridgehead atoms. The van der Waals surface area contributed by atoms with Gasteiger partial charge in [0.05, 0.1) is 13.2 Å². The third-order valence-electron chi connectivity index (χ3n) is 4.49. The number of hydrogen-bond donors (Lipinski definition) is 11. The van der Waals surface area contributed by atoms with Gasteiger partial charge >= 0.3 is 5.97 Å². The molecule has 0 aliphatic rings. The summed E-state index contributed by atoms with van der Waals surface area (Å²) >= 11 is 0. The molecule has 200 valence electrons. The van der Waals surface area contributed by atoms with Crippen LogP contribution in [0.4, 0.5) is 0 Å². The Hall–Kier alpha value is -3.70. The fourth-order valence-electron chi connectivity index (χ4n) is 2.63. The van der Waals surface area contributed by atoms with E-state index in [1.165, 1.54) is 0 Å². The standard InChI is InChI=1S/C18H36N10O7/c19-9(7-29)13(31)28-12(8-30)15(33)26-10(3-1-5-24-17(20)21)14(32)27-11(16(34)35)4-2-6-25-18(22)23/h9-12,29-30H,1-8,19H2,(H,26,33)(H,27,32)(H,28,31)(H,34,35)(H4,20,21,24)(H4,22,23,25). The predicted octanol–water partition coefficient (Wildman–Crippen LogP) is -6.06. The molecule has 0 aliphatic heterocycles. The second kappa shape index (κ2) is 16.8. The van der Waals surface area contributed by atoms with Crippen LogP contribution in [0.25, 0.3) is 0 Å². The number of aliphatic hydroxyl groups is 2. The third kappa shape index (κ3) is 13.6. The SMILES string of the molecule is NC(N)=NCCCC(NC(=O)C(CCCN=C(N)N)NC(=O)C(CO)NC(=O)C(N)CO)C(=O)O. The van der Waals surface area contributed by atoms with E-state index in [9.17, 15) is 29.4 Å². The molecule has 0 aromatic heterocycles. The number of carboxylic acids is 1. The van der Waals surface area contributed by atoms with Gasteiger partial charge in [0.25, 0.3) is 0 Å². The number of hydrogen-bond acceptors (Lipinski definition) is 9. The Bertz CT molecular complexity index is 769. The van der Waals surface area contributed by atoms with Gasteiger partial charge in [0.2, 0.25) is 17.7 Å². The number of carbonyl (C=O) groups is 4. The first kappa shape index (κ1) is 31.3. The fraction of sp³-hybridized carbons (Fsp3) is 0.667. The number of guanidine groups is 2. The Balaban J connectivity index is 5.38. The van der Waals surface area contributed by atoms with Gasteiger partial charge in [0, 0.05) is 13.1 Å². The van der Waals surface area contributed by atoms with Crippen LogP contribution in [-0.2, 0) is 19.2 Å². The van der Waals surface area contributed by atoms with Gasteiger partial charge < -0.3 is 59.9 Å². The van der Waals surface area contributed by atoms with E-state index in [4.69, 9.17) is 33.8 Å². The topological polar surface area (TPSA) is 320 Å². The normalized spacial score (nSPS) is 13.9. The van der Waals surface area contributed by atoms with Crippen LogP contribution >= 0.6 is 0 Å². The largest absolute Gasteiger partial charge is 0.480 e. The number of rotatable bonds is 17. The van der Waals surface area contributed by atoms with E-state index in [0.717, 1.165) is 0 Å². The van der Waals surface area contributed by atoms with Gasteiger partial charge in [-0.25, -0.2) is 4.79 Å². The summed E-state index contributed by atoms with van der Waals surface area (Å²) in [6.45, 7) is -1.26. The van der Waals surface area contributed by atoms with Crippen LogP contribution in [0.2, 0.25) is 0 Å². The number of nitrogens with two attached hydrogens (primary N) is 5. The quantitative estimate of drug-likeness (QED) is 0.0500. The molecule has 4 unspecified atom stereocenters. The minimum Gasteiger partial charge on any atom is -0.480 e. The Labute approximate surface area is 201 Å². The summed E-state index contributed by atoms with van der Waals surface area (Å²) < 4.78 is 0. The lowest BCUT2D eigenvalue weighted by atomic mass is 10.1. The molecule has 0 fully saturated rings. The van der Waals surface area contributed by atoms with E-state index < -0.39 is 61.1 Å². The second-order valence-electron chi connectivity index (χ2n) is 7.39. The molecule has 17 heteroatoms. The van der Waals surface area contributed by atoms with Crippen LogP contribution in [0.1, 0.15) is 25.7 Å². The molecule has 35 heavy (non-hydrogen) atoms. The number of carboxylic acid groups (broad SMARTS) is 1. The summed E-state index contributed by atoms with van der Waals surface area (Å²) in [4.78, 5) is 56.3. The highest BCUT2D eigenvalue weighted by Gasteiger charge is 2.29. The maximum Gasteiger partial charge on any atom is 0.326 e. The average Bonchev–Trinajstić information content (AvgIpc) is 2.79. The van der Waals surface area contributed by atoms with Crippen molar-refractivity contribution in [1.82, 2.24) is 16.0 Å². The van der Waals surface area contributed by atoms with Crippen LogP contribution in [0.15, 0.2) is 9.98 Å². The van der Waals surface area contributed by atoms with Crippen molar-refractivity contribution < 1.29 is 34.5 Å². The zero-order valence-electron chi connectivity index (χ0n) is 19.2. The maximum atomic E-state index is 12.8. The summed E-state index contributed by atoms with van der Waals surface area (Å²) in [6, 6.07) is -5.37. The lowest BCUT2D eigenvalue weighted by molar-refractivity contribution is -0.142. The number of amides is 3. The van der Waals surface area contributed by atoms with Gasteiger partial charge in [0.15, 0.2) is 11.9 Å². The fourth-order valence-corrected chi connectivity index (χ4v) is 2.63. The molecule has 0 spiro atoms. The van der Waals surface area contributed by atoms with Crippen molar-refractivity contribution in [3.63, 3.8) is 0 Å². The summed E-state index contributed by atoms with van der Waals surface area (Å²) in [7, 11) is 0. The average molecular weight is 505 g/mol. The van der Waals surface area contributed by atoms with E-state index >= 15 is 0 Å². The van der Waals surface area contributed by atoms with Crippen LogP contribution in [0, 0.1) is 0 Å². The van der Waals surface area contributed by atoms with Crippen molar-refractivity contribution in [1.29, 1.82) is 0 Å². The van der Waals surface area contributed by atoms with E-state index in [-0.39, 0.29) is 50.7 Å². The molecule has 4 atom stereocenters. The van der Waals surface area contributed by atoms with E-state index in [2.05, 4.69) is 25.9 Å². The van der Waals surface area contributed by atoms with Gasteiger partial charge in [-0.1, -0.05) is 0 Å². The lowest BCUT2D eigenvalue weighted by Crippen LogP contribution is -2.58.